The number of halogens is 1. The number of benzene rings is 1. The van der Waals surface area contributed by atoms with E-state index in [0.29, 0.717) is 0 Å². The summed E-state index contributed by atoms with van der Waals surface area (Å²) in [4.78, 5) is 4.21. The highest BCUT2D eigenvalue weighted by Gasteiger charge is 2.21. The van der Waals surface area contributed by atoms with E-state index in [0.717, 1.165) is 10.7 Å². The Labute approximate surface area is 113 Å². The average Bonchev–Trinajstić information content (AvgIpc) is 2.77. The van der Waals surface area contributed by atoms with Gasteiger partial charge in [-0.1, -0.05) is 23.7 Å². The van der Waals surface area contributed by atoms with Crippen LogP contribution < -0.4 is 5.73 Å². The van der Waals surface area contributed by atoms with Crippen LogP contribution >= 0.6 is 11.6 Å². The van der Waals surface area contributed by atoms with Crippen LogP contribution in [0.5, 0.6) is 0 Å². The van der Waals surface area contributed by atoms with E-state index in [1.54, 1.807) is 0 Å². The first kappa shape index (κ1) is 13.1. The van der Waals surface area contributed by atoms with Gasteiger partial charge in [-0.05, 0) is 38.5 Å². The quantitative estimate of drug-likeness (QED) is 0.923. The topological polar surface area (TPSA) is 43.8 Å². The molecule has 96 valence electrons. The van der Waals surface area contributed by atoms with Crippen molar-refractivity contribution in [3.63, 3.8) is 0 Å². The van der Waals surface area contributed by atoms with Crippen molar-refractivity contribution in [3.8, 4) is 0 Å². The molecule has 0 amide bonds. The first-order valence-electron chi connectivity index (χ1n) is 5.96. The fourth-order valence-corrected chi connectivity index (χ4v) is 2.14. The molecular formula is C14H18ClN3. The zero-order chi connectivity index (χ0) is 13.3. The standard InChI is InChI=1S/C14H18ClN3/c1-10(11-4-6-12(15)7-5-11)18-9-17-8-13(18)14(2,3)16/h4-10H,16H2,1-3H3. The Morgan fingerprint density at radius 2 is 1.89 bits per heavy atom. The van der Waals surface area contributed by atoms with E-state index >= 15 is 0 Å². The molecule has 0 radical (unpaired) electrons. The third-order valence-electron chi connectivity index (χ3n) is 3.10. The normalized spacial score (nSPS) is 13.6. The number of hydrogen-bond acceptors (Lipinski definition) is 2. The molecule has 2 rings (SSSR count). The number of hydrogen-bond donors (Lipinski definition) is 1. The van der Waals surface area contributed by atoms with Crippen molar-refractivity contribution in [1.29, 1.82) is 0 Å². The van der Waals surface area contributed by atoms with Gasteiger partial charge in [-0.25, -0.2) is 4.98 Å². The van der Waals surface area contributed by atoms with Crippen LogP contribution in [-0.2, 0) is 5.54 Å². The molecule has 1 heterocycles. The van der Waals surface area contributed by atoms with E-state index < -0.39 is 5.54 Å². The molecule has 0 aliphatic rings. The molecular weight excluding hydrogens is 246 g/mol. The van der Waals surface area contributed by atoms with Gasteiger partial charge in [0.15, 0.2) is 0 Å². The third-order valence-corrected chi connectivity index (χ3v) is 3.35. The largest absolute Gasteiger partial charge is 0.326 e. The lowest BCUT2D eigenvalue weighted by molar-refractivity contribution is 0.477. The van der Waals surface area contributed by atoms with Crippen molar-refractivity contribution >= 4 is 11.6 Å². The number of nitrogens with zero attached hydrogens (tertiary/aromatic N) is 2. The van der Waals surface area contributed by atoms with Crippen molar-refractivity contribution in [2.24, 2.45) is 5.73 Å². The lowest BCUT2D eigenvalue weighted by Gasteiger charge is -2.24. The van der Waals surface area contributed by atoms with E-state index in [1.807, 2.05) is 50.6 Å². The second kappa shape index (κ2) is 4.75. The van der Waals surface area contributed by atoms with Crippen LogP contribution in [-0.4, -0.2) is 9.55 Å². The highest BCUT2D eigenvalue weighted by atomic mass is 35.5. The maximum Gasteiger partial charge on any atom is 0.0954 e. The lowest BCUT2D eigenvalue weighted by Crippen LogP contribution is -2.32. The van der Waals surface area contributed by atoms with Gasteiger partial charge < -0.3 is 10.3 Å². The van der Waals surface area contributed by atoms with Crippen LogP contribution in [0.3, 0.4) is 0 Å². The van der Waals surface area contributed by atoms with Gasteiger partial charge in [0.1, 0.15) is 0 Å². The molecule has 1 unspecified atom stereocenters. The molecule has 0 aliphatic carbocycles. The molecule has 1 aromatic heterocycles. The van der Waals surface area contributed by atoms with E-state index in [4.69, 9.17) is 17.3 Å². The summed E-state index contributed by atoms with van der Waals surface area (Å²) < 4.78 is 2.10. The van der Waals surface area contributed by atoms with Gasteiger partial charge in [0.05, 0.1) is 29.8 Å². The van der Waals surface area contributed by atoms with E-state index in [1.165, 1.54) is 5.56 Å². The summed E-state index contributed by atoms with van der Waals surface area (Å²) in [5.41, 5.74) is 7.96. The van der Waals surface area contributed by atoms with Crippen molar-refractivity contribution in [1.82, 2.24) is 9.55 Å². The molecule has 2 N–H and O–H groups in total. The van der Waals surface area contributed by atoms with Crippen molar-refractivity contribution in [3.05, 3.63) is 53.1 Å². The molecule has 0 saturated carbocycles. The molecule has 1 aromatic carbocycles. The fraction of sp³-hybridized carbons (Fsp3) is 0.357. The smallest absolute Gasteiger partial charge is 0.0954 e. The minimum Gasteiger partial charge on any atom is -0.326 e. The molecule has 0 bridgehead atoms. The molecule has 3 nitrogen and oxygen atoms in total. The monoisotopic (exact) mass is 263 g/mol. The van der Waals surface area contributed by atoms with E-state index in [9.17, 15) is 0 Å². The Balaban J connectivity index is 2.37. The predicted octanol–water partition coefficient (Wildman–Crippen LogP) is 3.34. The Hall–Kier alpha value is -1.32. The molecule has 0 aliphatic heterocycles. The van der Waals surface area contributed by atoms with Gasteiger partial charge in [0, 0.05) is 5.02 Å². The highest BCUT2D eigenvalue weighted by Crippen LogP contribution is 2.25. The van der Waals surface area contributed by atoms with Gasteiger partial charge in [-0.15, -0.1) is 0 Å². The molecule has 4 heteroatoms. The van der Waals surface area contributed by atoms with Crippen molar-refractivity contribution < 1.29 is 0 Å². The lowest BCUT2D eigenvalue weighted by atomic mass is 10.0. The van der Waals surface area contributed by atoms with Crippen LogP contribution in [0, 0.1) is 0 Å². The van der Waals surface area contributed by atoms with Gasteiger partial charge in [-0.2, -0.15) is 0 Å². The van der Waals surface area contributed by atoms with Crippen LogP contribution in [0.2, 0.25) is 5.02 Å². The second-order valence-corrected chi connectivity index (χ2v) is 5.57. The molecule has 0 spiro atoms. The minimum absolute atomic E-state index is 0.183. The Kier molecular flexibility index (Phi) is 3.46. The molecule has 0 fully saturated rings. The van der Waals surface area contributed by atoms with Gasteiger partial charge >= 0.3 is 0 Å². The van der Waals surface area contributed by atoms with Crippen molar-refractivity contribution in [2.45, 2.75) is 32.4 Å². The first-order chi connectivity index (χ1) is 8.39. The average molecular weight is 264 g/mol. The summed E-state index contributed by atoms with van der Waals surface area (Å²) >= 11 is 5.91. The van der Waals surface area contributed by atoms with Crippen LogP contribution in [0.15, 0.2) is 36.8 Å². The fourth-order valence-electron chi connectivity index (χ4n) is 2.01. The summed E-state index contributed by atoms with van der Waals surface area (Å²) in [6.45, 7) is 6.09. The second-order valence-electron chi connectivity index (χ2n) is 5.14. The number of rotatable bonds is 3. The Morgan fingerprint density at radius 1 is 1.28 bits per heavy atom. The van der Waals surface area contributed by atoms with Crippen LogP contribution in [0.25, 0.3) is 0 Å². The summed E-state index contributed by atoms with van der Waals surface area (Å²) in [6, 6.07) is 8.04. The highest BCUT2D eigenvalue weighted by molar-refractivity contribution is 6.30. The number of aromatic nitrogens is 2. The maximum absolute atomic E-state index is 6.16. The SMILES string of the molecule is CC(c1ccc(Cl)cc1)n1cncc1C(C)(C)N. The number of imidazole rings is 1. The molecule has 2 aromatic rings. The predicted molar refractivity (Wildman–Crippen MR) is 74.7 cm³/mol. The van der Waals surface area contributed by atoms with Gasteiger partial charge in [0.2, 0.25) is 0 Å². The summed E-state index contributed by atoms with van der Waals surface area (Å²) in [7, 11) is 0. The summed E-state index contributed by atoms with van der Waals surface area (Å²) in [5.74, 6) is 0. The zero-order valence-electron chi connectivity index (χ0n) is 10.9. The van der Waals surface area contributed by atoms with Gasteiger partial charge in [-0.3, -0.25) is 0 Å². The Morgan fingerprint density at radius 3 is 2.44 bits per heavy atom. The van der Waals surface area contributed by atoms with Crippen LogP contribution in [0.4, 0.5) is 0 Å². The zero-order valence-corrected chi connectivity index (χ0v) is 11.6. The molecule has 1 atom stereocenters. The summed E-state index contributed by atoms with van der Waals surface area (Å²) in [5, 5.41) is 0.746. The maximum atomic E-state index is 6.16. The Bertz CT molecular complexity index is 523. The van der Waals surface area contributed by atoms with E-state index in [2.05, 4.69) is 16.5 Å². The van der Waals surface area contributed by atoms with Gasteiger partial charge in [0.25, 0.3) is 0 Å². The van der Waals surface area contributed by atoms with Crippen LogP contribution in [0.1, 0.15) is 38.1 Å². The third kappa shape index (κ3) is 2.57. The first-order valence-corrected chi connectivity index (χ1v) is 6.34. The molecule has 0 saturated heterocycles. The van der Waals surface area contributed by atoms with E-state index in [-0.39, 0.29) is 6.04 Å². The van der Waals surface area contributed by atoms with Crippen molar-refractivity contribution in [2.75, 3.05) is 0 Å². The molecule has 18 heavy (non-hydrogen) atoms. The number of nitrogens with two attached hydrogens (primary N) is 1. The summed E-state index contributed by atoms with van der Waals surface area (Å²) in [6.07, 6.45) is 3.65. The minimum atomic E-state index is -0.406.